The van der Waals surface area contributed by atoms with Crippen molar-refractivity contribution in [3.63, 3.8) is 0 Å². The minimum atomic E-state index is -0.171. The van der Waals surface area contributed by atoms with Gasteiger partial charge < -0.3 is 0 Å². The third-order valence-electron chi connectivity index (χ3n) is 2.44. The van der Waals surface area contributed by atoms with Crippen LogP contribution in [0.3, 0.4) is 0 Å². The molecule has 0 aliphatic carbocycles. The Labute approximate surface area is 95.9 Å². The van der Waals surface area contributed by atoms with Gasteiger partial charge in [-0.1, -0.05) is 19.3 Å². The first-order valence-electron chi connectivity index (χ1n) is 5.40. The monoisotopic (exact) mass is 227 g/mol. The molecule has 0 spiro atoms. The van der Waals surface area contributed by atoms with Gasteiger partial charge >= 0.3 is 0 Å². The molecule has 84 valence electrons. The lowest BCUT2D eigenvalue weighted by atomic mass is 10.1. The predicted molar refractivity (Wildman–Crippen MR) is 62.8 cm³/mol. The summed E-state index contributed by atoms with van der Waals surface area (Å²) in [4.78, 5) is 23.6. The van der Waals surface area contributed by atoms with E-state index in [4.69, 9.17) is 0 Å². The van der Waals surface area contributed by atoms with E-state index in [1.165, 1.54) is 23.5 Å². The van der Waals surface area contributed by atoms with Gasteiger partial charge in [-0.3, -0.25) is 14.5 Å². The molecule has 1 rings (SSSR count). The Morgan fingerprint density at radius 2 is 1.47 bits per heavy atom. The predicted octanol–water partition coefficient (Wildman–Crippen LogP) is 1.79. The highest BCUT2D eigenvalue weighted by atomic mass is 32.1. The molecule has 1 aliphatic rings. The minimum Gasteiger partial charge on any atom is -0.275 e. The first-order valence-corrected chi connectivity index (χ1v) is 6.03. The van der Waals surface area contributed by atoms with Gasteiger partial charge in [0.2, 0.25) is 0 Å². The second kappa shape index (κ2) is 6.67. The van der Waals surface area contributed by atoms with E-state index < -0.39 is 0 Å². The molecule has 3 nitrogen and oxygen atoms in total. The Kier molecular flexibility index (Phi) is 5.47. The third kappa shape index (κ3) is 4.08. The van der Waals surface area contributed by atoms with Crippen molar-refractivity contribution >= 4 is 24.4 Å². The van der Waals surface area contributed by atoms with Crippen LogP contribution in [-0.2, 0) is 9.59 Å². The number of amides is 2. The van der Waals surface area contributed by atoms with Gasteiger partial charge in [0.1, 0.15) is 0 Å². The Balaban J connectivity index is 2.05. The van der Waals surface area contributed by atoms with Gasteiger partial charge in [-0.2, -0.15) is 12.6 Å². The minimum absolute atomic E-state index is 0.171. The molecule has 15 heavy (non-hydrogen) atoms. The Hall–Kier alpha value is -0.770. The molecule has 0 unspecified atom stereocenters. The van der Waals surface area contributed by atoms with E-state index in [9.17, 15) is 9.59 Å². The molecule has 0 saturated heterocycles. The standard InChI is InChI=1S/C11H17NO2S/c13-10-6-7-11(14)12(10)8-4-2-1-3-5-9-15/h6-7,15H,1-5,8-9H2. The molecule has 0 aromatic rings. The second-order valence-corrected chi connectivity index (χ2v) is 4.10. The van der Waals surface area contributed by atoms with Gasteiger partial charge in [-0.25, -0.2) is 0 Å². The Morgan fingerprint density at radius 1 is 0.933 bits per heavy atom. The van der Waals surface area contributed by atoms with Crippen LogP contribution < -0.4 is 0 Å². The van der Waals surface area contributed by atoms with Gasteiger partial charge in [0.25, 0.3) is 11.8 Å². The summed E-state index contributed by atoms with van der Waals surface area (Å²) in [6.45, 7) is 0.561. The quantitative estimate of drug-likeness (QED) is 0.409. The normalized spacial score (nSPS) is 15.4. The van der Waals surface area contributed by atoms with Gasteiger partial charge in [-0.05, 0) is 18.6 Å². The number of rotatable bonds is 7. The van der Waals surface area contributed by atoms with Crippen molar-refractivity contribution in [1.29, 1.82) is 0 Å². The van der Waals surface area contributed by atoms with Gasteiger partial charge in [0, 0.05) is 18.7 Å². The maximum Gasteiger partial charge on any atom is 0.253 e. The van der Waals surface area contributed by atoms with Crippen LogP contribution in [0.2, 0.25) is 0 Å². The Morgan fingerprint density at radius 3 is 2.07 bits per heavy atom. The number of carbonyl (C=O) groups is 2. The molecule has 2 amide bonds. The van der Waals surface area contributed by atoms with E-state index in [1.807, 2.05) is 0 Å². The average molecular weight is 227 g/mol. The van der Waals surface area contributed by atoms with Crippen molar-refractivity contribution in [2.75, 3.05) is 12.3 Å². The number of thiol groups is 1. The van der Waals surface area contributed by atoms with E-state index in [0.29, 0.717) is 6.54 Å². The number of imide groups is 1. The lowest BCUT2D eigenvalue weighted by Gasteiger charge is -2.12. The van der Waals surface area contributed by atoms with Crippen LogP contribution in [0.4, 0.5) is 0 Å². The molecule has 1 aliphatic heterocycles. The summed E-state index contributed by atoms with van der Waals surface area (Å²) in [7, 11) is 0. The highest BCUT2D eigenvalue weighted by Gasteiger charge is 2.21. The lowest BCUT2D eigenvalue weighted by Crippen LogP contribution is -2.30. The van der Waals surface area contributed by atoms with E-state index >= 15 is 0 Å². The summed E-state index contributed by atoms with van der Waals surface area (Å²) in [5.74, 6) is 0.596. The topological polar surface area (TPSA) is 37.4 Å². The fourth-order valence-electron chi connectivity index (χ4n) is 1.56. The van der Waals surface area contributed by atoms with Crippen LogP contribution >= 0.6 is 12.6 Å². The van der Waals surface area contributed by atoms with E-state index in [1.54, 1.807) is 0 Å². The molecule has 0 saturated carbocycles. The molecule has 0 fully saturated rings. The molecular formula is C11H17NO2S. The third-order valence-corrected chi connectivity index (χ3v) is 2.76. The zero-order chi connectivity index (χ0) is 11.1. The summed E-state index contributed by atoms with van der Waals surface area (Å²) < 4.78 is 0. The van der Waals surface area contributed by atoms with Crippen molar-refractivity contribution in [3.8, 4) is 0 Å². The summed E-state index contributed by atoms with van der Waals surface area (Å²) >= 11 is 4.13. The zero-order valence-corrected chi connectivity index (χ0v) is 9.71. The number of hydrogen-bond donors (Lipinski definition) is 1. The summed E-state index contributed by atoms with van der Waals surface area (Å²) in [5, 5.41) is 0. The highest BCUT2D eigenvalue weighted by molar-refractivity contribution is 7.80. The molecule has 1 heterocycles. The van der Waals surface area contributed by atoms with Crippen LogP contribution in [0.1, 0.15) is 32.1 Å². The first-order chi connectivity index (χ1) is 7.25. The Bertz CT molecular complexity index is 245. The van der Waals surface area contributed by atoms with Crippen LogP contribution in [0.5, 0.6) is 0 Å². The fourth-order valence-corrected chi connectivity index (χ4v) is 1.79. The molecule has 0 aromatic carbocycles. The first kappa shape index (κ1) is 12.3. The lowest BCUT2D eigenvalue weighted by molar-refractivity contribution is -0.136. The second-order valence-electron chi connectivity index (χ2n) is 3.65. The number of unbranched alkanes of at least 4 members (excludes halogenated alkanes) is 4. The maximum atomic E-state index is 11.2. The van der Waals surface area contributed by atoms with Crippen molar-refractivity contribution in [2.45, 2.75) is 32.1 Å². The fraction of sp³-hybridized carbons (Fsp3) is 0.636. The van der Waals surface area contributed by atoms with Crippen LogP contribution in [0.25, 0.3) is 0 Å². The molecular weight excluding hydrogens is 210 g/mol. The molecule has 0 radical (unpaired) electrons. The van der Waals surface area contributed by atoms with Crippen molar-refractivity contribution in [2.24, 2.45) is 0 Å². The van der Waals surface area contributed by atoms with E-state index in [0.717, 1.165) is 31.4 Å². The molecule has 0 bridgehead atoms. The number of hydrogen-bond acceptors (Lipinski definition) is 3. The zero-order valence-electron chi connectivity index (χ0n) is 8.82. The summed E-state index contributed by atoms with van der Waals surface area (Å²) in [6.07, 6.45) is 8.14. The number of nitrogens with zero attached hydrogens (tertiary/aromatic N) is 1. The highest BCUT2D eigenvalue weighted by Crippen LogP contribution is 2.08. The van der Waals surface area contributed by atoms with Crippen molar-refractivity contribution < 1.29 is 9.59 Å². The van der Waals surface area contributed by atoms with E-state index in [2.05, 4.69) is 12.6 Å². The van der Waals surface area contributed by atoms with Crippen molar-refractivity contribution in [3.05, 3.63) is 12.2 Å². The molecule has 4 heteroatoms. The van der Waals surface area contributed by atoms with Gasteiger partial charge in [0.15, 0.2) is 0 Å². The smallest absolute Gasteiger partial charge is 0.253 e. The molecule has 0 atom stereocenters. The van der Waals surface area contributed by atoms with Crippen LogP contribution in [-0.4, -0.2) is 29.0 Å². The summed E-state index contributed by atoms with van der Waals surface area (Å²) in [6, 6.07) is 0. The largest absolute Gasteiger partial charge is 0.275 e. The van der Waals surface area contributed by atoms with Crippen LogP contribution in [0.15, 0.2) is 12.2 Å². The average Bonchev–Trinajstić information content (AvgIpc) is 2.54. The maximum absolute atomic E-state index is 11.2. The number of carbonyl (C=O) groups excluding carboxylic acids is 2. The van der Waals surface area contributed by atoms with Gasteiger partial charge in [0.05, 0.1) is 0 Å². The SMILES string of the molecule is O=C1C=CC(=O)N1CCCCCCCS. The summed E-state index contributed by atoms with van der Waals surface area (Å²) in [5.41, 5.74) is 0. The molecule has 0 N–H and O–H groups in total. The molecule has 0 aromatic heterocycles. The van der Waals surface area contributed by atoms with E-state index in [-0.39, 0.29) is 11.8 Å². The van der Waals surface area contributed by atoms with Crippen molar-refractivity contribution in [1.82, 2.24) is 4.90 Å². The van der Waals surface area contributed by atoms with Gasteiger partial charge in [-0.15, -0.1) is 0 Å². The van der Waals surface area contributed by atoms with Crippen LogP contribution in [0, 0.1) is 0 Å².